The van der Waals surface area contributed by atoms with Gasteiger partial charge in [-0.15, -0.1) is 0 Å². The zero-order valence-electron chi connectivity index (χ0n) is 21.6. The topological polar surface area (TPSA) is 117 Å². The maximum absolute atomic E-state index is 13.7. The molecule has 0 aromatic heterocycles. The summed E-state index contributed by atoms with van der Waals surface area (Å²) in [5.74, 6) is -3.59. The minimum absolute atomic E-state index is 0.0000110. The standard InChI is InChI=1S/C25H29ClFNO5.C2HF3O2/c1-16(24(30)31)10-17-2-4-20(27)12-23(17)32-15-21(29)14-28-8-6-25(7-9-28)13-18-11-19(26)3-5-22(18)33-25;3-2(4,5)1(6)7/h2-5,11-12,16,21,29H,6-10,13-15H2,1H3,(H,30,31);(H,6,7)/t16?,21-;/m0./s1. The predicted octanol–water partition coefficient (Wildman–Crippen LogP) is 4.59. The Labute approximate surface area is 233 Å². The molecule has 8 nitrogen and oxygen atoms in total. The second-order valence-corrected chi connectivity index (χ2v) is 10.4. The molecular weight excluding hydrogens is 562 g/mol. The molecule has 2 aliphatic heterocycles. The van der Waals surface area contributed by atoms with Crippen molar-refractivity contribution < 1.29 is 51.9 Å². The fourth-order valence-corrected chi connectivity index (χ4v) is 4.80. The van der Waals surface area contributed by atoms with Crippen LogP contribution in [0.5, 0.6) is 11.5 Å². The van der Waals surface area contributed by atoms with Crippen LogP contribution < -0.4 is 9.47 Å². The lowest BCUT2D eigenvalue weighted by atomic mass is 9.87. The summed E-state index contributed by atoms with van der Waals surface area (Å²) in [5.41, 5.74) is 1.55. The van der Waals surface area contributed by atoms with Crippen LogP contribution in [0.2, 0.25) is 5.02 Å². The Hall–Kier alpha value is -3.09. The fraction of sp³-hybridized carbons (Fsp3) is 0.481. The number of fused-ring (bicyclic) bond motifs is 1. The number of piperidine rings is 1. The number of hydrogen-bond acceptors (Lipinski definition) is 6. The number of nitrogens with zero attached hydrogens (tertiary/aromatic N) is 1. The average molecular weight is 592 g/mol. The van der Waals surface area contributed by atoms with Crippen molar-refractivity contribution in [1.29, 1.82) is 0 Å². The Kier molecular flexibility index (Phi) is 10.3. The van der Waals surface area contributed by atoms with E-state index in [0.29, 0.717) is 17.1 Å². The molecule has 2 aromatic rings. The van der Waals surface area contributed by atoms with Crippen LogP contribution >= 0.6 is 11.6 Å². The van der Waals surface area contributed by atoms with E-state index >= 15 is 0 Å². The van der Waals surface area contributed by atoms with Gasteiger partial charge in [0.25, 0.3) is 0 Å². The molecule has 13 heteroatoms. The first-order valence-corrected chi connectivity index (χ1v) is 12.9. The lowest BCUT2D eigenvalue weighted by Crippen LogP contribution is -2.49. The number of carbonyl (C=O) groups is 2. The number of carboxylic acid groups (broad SMARTS) is 2. The van der Waals surface area contributed by atoms with Crippen LogP contribution in [0.15, 0.2) is 36.4 Å². The largest absolute Gasteiger partial charge is 0.490 e. The van der Waals surface area contributed by atoms with Gasteiger partial charge in [0.2, 0.25) is 0 Å². The molecule has 0 amide bonds. The van der Waals surface area contributed by atoms with Crippen LogP contribution in [0.25, 0.3) is 0 Å². The van der Waals surface area contributed by atoms with Crippen LogP contribution in [0.1, 0.15) is 30.9 Å². The van der Waals surface area contributed by atoms with E-state index < -0.39 is 36.0 Å². The van der Waals surface area contributed by atoms with E-state index in [4.69, 9.17) is 36.1 Å². The molecule has 2 aliphatic rings. The number of carboxylic acids is 2. The Morgan fingerprint density at radius 2 is 1.80 bits per heavy atom. The summed E-state index contributed by atoms with van der Waals surface area (Å²) >= 11 is 6.11. The first-order valence-electron chi connectivity index (χ1n) is 12.5. The molecule has 1 saturated heterocycles. The highest BCUT2D eigenvalue weighted by Gasteiger charge is 2.42. The van der Waals surface area contributed by atoms with E-state index in [-0.39, 0.29) is 24.4 Å². The van der Waals surface area contributed by atoms with Gasteiger partial charge in [0.15, 0.2) is 0 Å². The number of aliphatic hydroxyl groups is 1. The summed E-state index contributed by atoms with van der Waals surface area (Å²) in [6.45, 7) is 3.61. The lowest BCUT2D eigenvalue weighted by molar-refractivity contribution is -0.192. The maximum Gasteiger partial charge on any atom is 0.490 e. The Balaban J connectivity index is 0.000000559. The number of aliphatic carboxylic acids is 2. The summed E-state index contributed by atoms with van der Waals surface area (Å²) in [6, 6.07) is 9.80. The van der Waals surface area contributed by atoms with Crippen molar-refractivity contribution in [2.45, 2.75) is 50.5 Å². The third-order valence-electron chi connectivity index (χ3n) is 6.75. The lowest BCUT2D eigenvalue weighted by Gasteiger charge is -2.39. The van der Waals surface area contributed by atoms with Crippen molar-refractivity contribution in [3.05, 3.63) is 58.4 Å². The number of aliphatic hydroxyl groups excluding tert-OH is 1. The number of alkyl halides is 3. The summed E-state index contributed by atoms with van der Waals surface area (Å²) < 4.78 is 57.4. The van der Waals surface area contributed by atoms with Crippen molar-refractivity contribution in [1.82, 2.24) is 4.90 Å². The molecule has 3 N–H and O–H groups in total. The second kappa shape index (κ2) is 13.0. The Bertz CT molecular complexity index is 1200. The van der Waals surface area contributed by atoms with Crippen LogP contribution in [-0.4, -0.2) is 76.3 Å². The van der Waals surface area contributed by atoms with Crippen molar-refractivity contribution in [3.8, 4) is 11.5 Å². The normalized spacial score (nSPS) is 17.7. The van der Waals surface area contributed by atoms with E-state index in [1.807, 2.05) is 18.2 Å². The first kappa shape index (κ1) is 31.4. The van der Waals surface area contributed by atoms with Gasteiger partial charge < -0.3 is 29.7 Å². The van der Waals surface area contributed by atoms with Crippen LogP contribution in [-0.2, 0) is 22.4 Å². The molecule has 0 bridgehead atoms. The van der Waals surface area contributed by atoms with E-state index in [9.17, 15) is 27.5 Å². The van der Waals surface area contributed by atoms with E-state index in [0.717, 1.165) is 43.7 Å². The Morgan fingerprint density at radius 3 is 2.40 bits per heavy atom. The van der Waals surface area contributed by atoms with E-state index in [1.54, 1.807) is 6.92 Å². The van der Waals surface area contributed by atoms with Crippen LogP contribution in [0.3, 0.4) is 0 Å². The van der Waals surface area contributed by atoms with Gasteiger partial charge in [-0.3, -0.25) is 4.79 Å². The van der Waals surface area contributed by atoms with Gasteiger partial charge in [0, 0.05) is 50.0 Å². The van der Waals surface area contributed by atoms with Gasteiger partial charge >= 0.3 is 18.1 Å². The molecular formula is C27H30ClF4NO7. The number of benzene rings is 2. The quantitative estimate of drug-likeness (QED) is 0.382. The monoisotopic (exact) mass is 591 g/mol. The molecule has 2 atom stereocenters. The average Bonchev–Trinajstić information content (AvgIpc) is 3.22. The van der Waals surface area contributed by atoms with Gasteiger partial charge in [0.1, 0.15) is 35.6 Å². The molecule has 40 heavy (non-hydrogen) atoms. The van der Waals surface area contributed by atoms with Gasteiger partial charge in [-0.1, -0.05) is 24.6 Å². The molecule has 4 rings (SSSR count). The summed E-state index contributed by atoms with van der Waals surface area (Å²) in [4.78, 5) is 22.2. The third kappa shape index (κ3) is 8.70. The van der Waals surface area contributed by atoms with Gasteiger partial charge in [0.05, 0.1) is 5.92 Å². The zero-order chi connectivity index (χ0) is 29.7. The highest BCUT2D eigenvalue weighted by atomic mass is 35.5. The van der Waals surface area contributed by atoms with Crippen LogP contribution in [0.4, 0.5) is 17.6 Å². The van der Waals surface area contributed by atoms with Crippen molar-refractivity contribution in [2.75, 3.05) is 26.2 Å². The number of halogens is 5. The first-order chi connectivity index (χ1) is 18.7. The molecule has 2 aromatic carbocycles. The van der Waals surface area contributed by atoms with Gasteiger partial charge in [-0.05, 0) is 41.8 Å². The number of rotatable bonds is 8. The Morgan fingerprint density at radius 1 is 1.15 bits per heavy atom. The predicted molar refractivity (Wildman–Crippen MR) is 136 cm³/mol. The highest BCUT2D eigenvalue weighted by Crippen LogP contribution is 2.42. The molecule has 1 spiro atoms. The third-order valence-corrected chi connectivity index (χ3v) is 6.98. The van der Waals surface area contributed by atoms with Gasteiger partial charge in [-0.25, -0.2) is 9.18 Å². The zero-order valence-corrected chi connectivity index (χ0v) is 22.3. The highest BCUT2D eigenvalue weighted by molar-refractivity contribution is 6.30. The van der Waals surface area contributed by atoms with Crippen molar-refractivity contribution in [3.63, 3.8) is 0 Å². The molecule has 0 saturated carbocycles. The van der Waals surface area contributed by atoms with Crippen molar-refractivity contribution >= 4 is 23.5 Å². The minimum Gasteiger partial charge on any atom is -0.490 e. The van der Waals surface area contributed by atoms with E-state index in [1.165, 1.54) is 18.2 Å². The van der Waals surface area contributed by atoms with E-state index in [2.05, 4.69) is 4.90 Å². The summed E-state index contributed by atoms with van der Waals surface area (Å²) in [7, 11) is 0. The number of likely N-dealkylation sites (tertiary alicyclic amines) is 1. The molecule has 0 radical (unpaired) electrons. The number of β-amino-alcohol motifs (C(OH)–C–C–N with tert-alkyl or cyclic N) is 1. The fourth-order valence-electron chi connectivity index (χ4n) is 4.61. The minimum atomic E-state index is -5.08. The molecule has 1 fully saturated rings. The molecule has 220 valence electrons. The summed E-state index contributed by atoms with van der Waals surface area (Å²) in [6.07, 6.45) is -3.06. The van der Waals surface area contributed by atoms with Gasteiger partial charge in [-0.2, -0.15) is 13.2 Å². The smallest absolute Gasteiger partial charge is 0.490 e. The number of hydrogen-bond donors (Lipinski definition) is 3. The number of ether oxygens (including phenoxy) is 2. The molecule has 0 aliphatic carbocycles. The maximum atomic E-state index is 13.7. The molecule has 1 unspecified atom stereocenters. The summed E-state index contributed by atoms with van der Waals surface area (Å²) in [5, 5.41) is 27.5. The SMILES string of the molecule is CC(Cc1ccc(F)cc1OC[C@@H](O)CN1CCC2(CC1)Cc1cc(Cl)ccc1O2)C(=O)O.O=C(O)C(F)(F)F. The van der Waals surface area contributed by atoms with Crippen LogP contribution in [0, 0.1) is 11.7 Å². The molecule has 2 heterocycles. The van der Waals surface area contributed by atoms with Crippen molar-refractivity contribution in [2.24, 2.45) is 5.92 Å². The second-order valence-electron chi connectivity index (χ2n) is 9.98.